The highest BCUT2D eigenvalue weighted by atomic mass is 35.5. The third-order valence-electron chi connectivity index (χ3n) is 9.61. The van der Waals surface area contributed by atoms with Crippen LogP contribution in [0.4, 0.5) is 23.0 Å². The summed E-state index contributed by atoms with van der Waals surface area (Å²) in [6.45, 7) is 12.3. The van der Waals surface area contributed by atoms with Crippen molar-refractivity contribution in [2.45, 2.75) is 78.6 Å². The minimum atomic E-state index is -0.238. The fraction of sp³-hybridized carbons (Fsp3) is 0.350. The van der Waals surface area contributed by atoms with Crippen LogP contribution in [0.15, 0.2) is 86.0 Å². The molecule has 16 nitrogen and oxygen atoms in total. The molecule has 0 aromatic carbocycles. The lowest BCUT2D eigenvalue weighted by molar-refractivity contribution is -0.120. The average Bonchev–Trinajstić information content (AvgIpc) is 3.95. The Labute approximate surface area is 337 Å². The Morgan fingerprint density at radius 1 is 0.684 bits per heavy atom. The maximum Gasteiger partial charge on any atom is 0.249 e. The molecule has 0 bridgehead atoms. The molecular formula is C40H47ClN14O2. The van der Waals surface area contributed by atoms with Gasteiger partial charge in [-0.25, -0.2) is 19.9 Å². The lowest BCUT2D eigenvalue weighted by Gasteiger charge is -2.42. The molecule has 296 valence electrons. The number of H-pyrrole nitrogens is 1. The Bertz CT molecular complexity index is 2270. The molecule has 2 aliphatic rings. The van der Waals surface area contributed by atoms with Gasteiger partial charge in [-0.1, -0.05) is 26.0 Å². The Hall–Kier alpha value is -6.29. The van der Waals surface area contributed by atoms with Crippen LogP contribution in [0.1, 0.15) is 54.4 Å². The van der Waals surface area contributed by atoms with Crippen molar-refractivity contribution in [1.29, 1.82) is 0 Å². The molecule has 0 radical (unpaired) electrons. The first-order chi connectivity index (χ1) is 27.5. The molecule has 17 heteroatoms. The molecule has 57 heavy (non-hydrogen) atoms. The molecule has 2 amide bonds. The lowest BCUT2D eigenvalue weighted by Crippen LogP contribution is -2.55. The molecule has 2 aliphatic heterocycles. The Kier molecular flexibility index (Phi) is 12.5. The summed E-state index contributed by atoms with van der Waals surface area (Å²) in [6.07, 6.45) is 15.3. The second kappa shape index (κ2) is 17.7. The standard InChI is InChI=1S/C20H23N7O.C12H17ClN4O.C8H7N3/c1-5-15-19(28)25(4)16-12-23-20(24-18(16)27(15)13(2)3)26-11-10-22-17(26)14-8-6-7-9-21-14;1-5-8-11(18)16(4)9-6-14-12(13)15-10(9)17(8)7(2)3;1-2-4-9-7(3-1)8-10-5-6-11-8/h6-13,15H,5H2,1-4H3;6-8H,5H2,1-4H3;1-6H,(H,10,11)/t15-;8-;/m11./s1. The van der Waals surface area contributed by atoms with Crippen molar-refractivity contribution < 1.29 is 9.59 Å². The number of likely N-dealkylation sites (N-methyl/N-ethyl adjacent to an activating group) is 2. The van der Waals surface area contributed by atoms with Crippen molar-refractivity contribution in [1.82, 2.24) is 49.4 Å². The van der Waals surface area contributed by atoms with Gasteiger partial charge in [-0.2, -0.15) is 9.97 Å². The largest absolute Gasteiger partial charge is 0.343 e. The molecule has 0 unspecified atom stereocenters. The molecular weight excluding hydrogens is 744 g/mol. The van der Waals surface area contributed by atoms with Crippen LogP contribution in [0.5, 0.6) is 0 Å². The van der Waals surface area contributed by atoms with Gasteiger partial charge < -0.3 is 24.6 Å². The molecule has 8 rings (SSSR count). The van der Waals surface area contributed by atoms with Crippen LogP contribution in [0.2, 0.25) is 5.28 Å². The van der Waals surface area contributed by atoms with Crippen molar-refractivity contribution in [3.63, 3.8) is 0 Å². The minimum absolute atomic E-state index is 0.0665. The number of hydrogen-bond acceptors (Lipinski definition) is 12. The number of fused-ring (bicyclic) bond motifs is 2. The normalized spacial score (nSPS) is 16.2. The number of carbonyl (C=O) groups is 2. The van der Waals surface area contributed by atoms with E-state index in [1.807, 2.05) is 79.8 Å². The first-order valence-corrected chi connectivity index (χ1v) is 19.2. The van der Waals surface area contributed by atoms with Crippen LogP contribution in [0.3, 0.4) is 0 Å². The predicted molar refractivity (Wildman–Crippen MR) is 221 cm³/mol. The van der Waals surface area contributed by atoms with Crippen LogP contribution < -0.4 is 19.6 Å². The number of aromatic nitrogens is 10. The van der Waals surface area contributed by atoms with E-state index in [9.17, 15) is 9.59 Å². The maximum atomic E-state index is 12.8. The van der Waals surface area contributed by atoms with Gasteiger partial charge in [-0.3, -0.25) is 24.1 Å². The van der Waals surface area contributed by atoms with Gasteiger partial charge in [-0.15, -0.1) is 0 Å². The number of carbonyl (C=O) groups excluding carboxylic acids is 2. The molecule has 1 N–H and O–H groups in total. The summed E-state index contributed by atoms with van der Waals surface area (Å²) in [7, 11) is 3.53. The molecule has 2 atom stereocenters. The number of rotatable bonds is 7. The maximum absolute atomic E-state index is 12.8. The second-order valence-corrected chi connectivity index (χ2v) is 14.2. The third-order valence-corrected chi connectivity index (χ3v) is 9.80. The smallest absolute Gasteiger partial charge is 0.249 e. The number of hydrogen-bond donors (Lipinski definition) is 1. The van der Waals surface area contributed by atoms with Gasteiger partial charge in [0.15, 0.2) is 23.3 Å². The second-order valence-electron chi connectivity index (χ2n) is 13.9. The lowest BCUT2D eigenvalue weighted by atomic mass is 10.1. The number of imidazole rings is 2. The summed E-state index contributed by atoms with van der Waals surface area (Å²) in [5, 5.41) is 0.206. The summed E-state index contributed by atoms with van der Waals surface area (Å²) in [4.78, 5) is 70.1. The van der Waals surface area contributed by atoms with Gasteiger partial charge >= 0.3 is 0 Å². The Morgan fingerprint density at radius 3 is 1.75 bits per heavy atom. The summed E-state index contributed by atoms with van der Waals surface area (Å²) < 4.78 is 1.82. The topological polar surface area (TPSA) is 171 Å². The Morgan fingerprint density at radius 2 is 1.25 bits per heavy atom. The van der Waals surface area contributed by atoms with E-state index in [-0.39, 0.29) is 41.3 Å². The van der Waals surface area contributed by atoms with Crippen molar-refractivity contribution in [3.8, 4) is 29.0 Å². The zero-order valence-electron chi connectivity index (χ0n) is 33.3. The van der Waals surface area contributed by atoms with Crippen LogP contribution in [-0.4, -0.2) is 99.5 Å². The van der Waals surface area contributed by atoms with Gasteiger partial charge in [0, 0.05) is 63.4 Å². The highest BCUT2D eigenvalue weighted by molar-refractivity contribution is 6.28. The molecule has 0 spiro atoms. The number of pyridine rings is 2. The van der Waals surface area contributed by atoms with Crippen LogP contribution in [0.25, 0.3) is 29.0 Å². The summed E-state index contributed by atoms with van der Waals surface area (Å²) in [5.41, 5.74) is 3.04. The summed E-state index contributed by atoms with van der Waals surface area (Å²) in [6, 6.07) is 11.3. The average molecular weight is 791 g/mol. The van der Waals surface area contributed by atoms with Crippen LogP contribution >= 0.6 is 11.6 Å². The van der Waals surface area contributed by atoms with Gasteiger partial charge in [0.1, 0.15) is 34.8 Å². The van der Waals surface area contributed by atoms with Gasteiger partial charge in [0.2, 0.25) is 23.0 Å². The van der Waals surface area contributed by atoms with Crippen molar-refractivity contribution in [2.24, 2.45) is 0 Å². The van der Waals surface area contributed by atoms with Gasteiger partial charge in [-0.05, 0) is 76.4 Å². The van der Waals surface area contributed by atoms with Crippen LogP contribution in [0, 0.1) is 0 Å². The molecule has 0 fully saturated rings. The number of anilines is 4. The number of nitrogens with one attached hydrogen (secondary N) is 1. The SMILES string of the molecule is CC[C@@H]1C(=O)N(C)c2cnc(-n3ccnc3-c3ccccn3)nc2N1C(C)C.CC[C@@H]1C(=O)N(C)c2cnc(Cl)nc2N1C(C)C.c1ccc(-c2ncc[nH]2)nc1. The summed E-state index contributed by atoms with van der Waals surface area (Å²) >= 11 is 5.87. The highest BCUT2D eigenvalue weighted by Gasteiger charge is 2.39. The van der Waals surface area contributed by atoms with E-state index in [0.29, 0.717) is 29.6 Å². The van der Waals surface area contributed by atoms with E-state index in [2.05, 4.69) is 58.6 Å². The molecule has 8 heterocycles. The van der Waals surface area contributed by atoms with E-state index >= 15 is 0 Å². The van der Waals surface area contributed by atoms with Gasteiger partial charge in [0.05, 0.1) is 12.4 Å². The summed E-state index contributed by atoms with van der Waals surface area (Å²) in [5.74, 6) is 3.62. The number of amides is 2. The van der Waals surface area contributed by atoms with Crippen LogP contribution in [-0.2, 0) is 9.59 Å². The predicted octanol–water partition coefficient (Wildman–Crippen LogP) is 6.27. The molecule has 6 aromatic rings. The zero-order valence-corrected chi connectivity index (χ0v) is 34.1. The first-order valence-electron chi connectivity index (χ1n) is 18.8. The zero-order chi connectivity index (χ0) is 40.8. The number of aromatic amines is 1. The van der Waals surface area contributed by atoms with E-state index in [4.69, 9.17) is 16.6 Å². The number of nitrogens with zero attached hydrogens (tertiary/aromatic N) is 13. The first kappa shape index (κ1) is 40.4. The van der Waals surface area contributed by atoms with Crippen molar-refractivity contribution >= 4 is 46.4 Å². The van der Waals surface area contributed by atoms with E-state index in [1.165, 1.54) is 0 Å². The molecule has 0 saturated heterocycles. The monoisotopic (exact) mass is 790 g/mol. The van der Waals surface area contributed by atoms with E-state index < -0.39 is 0 Å². The molecule has 0 saturated carbocycles. The quantitative estimate of drug-likeness (QED) is 0.180. The molecule has 6 aromatic heterocycles. The highest BCUT2D eigenvalue weighted by Crippen LogP contribution is 2.37. The fourth-order valence-corrected chi connectivity index (χ4v) is 7.03. The van der Waals surface area contributed by atoms with E-state index in [0.717, 1.165) is 35.3 Å². The van der Waals surface area contributed by atoms with E-state index in [1.54, 1.807) is 67.3 Å². The Balaban J connectivity index is 0.000000161. The third kappa shape index (κ3) is 8.31. The van der Waals surface area contributed by atoms with Gasteiger partial charge in [0.25, 0.3) is 0 Å². The van der Waals surface area contributed by atoms with Crippen molar-refractivity contribution in [2.75, 3.05) is 33.7 Å². The molecule has 0 aliphatic carbocycles. The fourth-order valence-electron chi connectivity index (χ4n) is 6.90. The van der Waals surface area contributed by atoms with Crippen molar-refractivity contribution in [3.05, 3.63) is 91.3 Å². The minimum Gasteiger partial charge on any atom is -0.343 e. The number of halogens is 1.